The molecule has 1 heterocycles. The van der Waals surface area contributed by atoms with Gasteiger partial charge in [-0.15, -0.1) is 0 Å². The molecule has 2 amide bonds. The van der Waals surface area contributed by atoms with Gasteiger partial charge in [-0.05, 0) is 25.7 Å². The molecule has 10 heteroatoms. The van der Waals surface area contributed by atoms with Crippen LogP contribution in [0.15, 0.2) is 6.20 Å². The van der Waals surface area contributed by atoms with E-state index in [0.29, 0.717) is 25.7 Å². The fourth-order valence-corrected chi connectivity index (χ4v) is 2.80. The van der Waals surface area contributed by atoms with E-state index in [1.165, 1.54) is 13.2 Å². The Kier molecular flexibility index (Phi) is 5.35. The number of nitrogens with one attached hydrogen (secondary N) is 2. The van der Waals surface area contributed by atoms with Crippen LogP contribution in [0.5, 0.6) is 0 Å². The van der Waals surface area contributed by atoms with Gasteiger partial charge in [-0.1, -0.05) is 0 Å². The number of rotatable bonds is 4. The number of aliphatic carboxylic acids is 1. The molecule has 0 saturated heterocycles. The predicted octanol–water partition coefficient (Wildman–Crippen LogP) is 1.88. The minimum atomic E-state index is -4.58. The molecular weight excluding hydrogens is 329 g/mol. The lowest BCUT2D eigenvalue weighted by atomic mass is 9.86. The van der Waals surface area contributed by atoms with Gasteiger partial charge in [0.05, 0.1) is 5.92 Å². The average molecular weight is 348 g/mol. The zero-order valence-corrected chi connectivity index (χ0v) is 13.1. The van der Waals surface area contributed by atoms with Crippen molar-refractivity contribution in [3.63, 3.8) is 0 Å². The van der Waals surface area contributed by atoms with Crippen molar-refractivity contribution in [3.05, 3.63) is 17.5 Å². The van der Waals surface area contributed by atoms with Crippen LogP contribution in [0.2, 0.25) is 0 Å². The van der Waals surface area contributed by atoms with E-state index in [4.69, 9.17) is 5.11 Å². The van der Waals surface area contributed by atoms with Gasteiger partial charge in [-0.25, -0.2) is 4.79 Å². The van der Waals surface area contributed by atoms with Crippen LogP contribution in [0.4, 0.5) is 18.0 Å². The number of alkyl halides is 3. The van der Waals surface area contributed by atoms with Crippen LogP contribution >= 0.6 is 0 Å². The Bertz CT molecular complexity index is 607. The van der Waals surface area contributed by atoms with Gasteiger partial charge < -0.3 is 15.7 Å². The molecule has 1 aromatic rings. The smallest absolute Gasteiger partial charge is 0.435 e. The maximum atomic E-state index is 12.8. The summed E-state index contributed by atoms with van der Waals surface area (Å²) in [7, 11) is 1.37. The first-order valence-electron chi connectivity index (χ1n) is 7.53. The molecule has 0 atom stereocenters. The van der Waals surface area contributed by atoms with Gasteiger partial charge in [0, 0.05) is 31.4 Å². The first-order chi connectivity index (χ1) is 11.2. The van der Waals surface area contributed by atoms with Crippen LogP contribution in [-0.4, -0.2) is 32.9 Å². The molecule has 2 rings (SSSR count). The maximum Gasteiger partial charge on any atom is 0.435 e. The summed E-state index contributed by atoms with van der Waals surface area (Å²) in [5, 5.41) is 17.3. The minimum Gasteiger partial charge on any atom is -0.481 e. The van der Waals surface area contributed by atoms with Crippen LogP contribution < -0.4 is 10.6 Å². The fourth-order valence-electron chi connectivity index (χ4n) is 2.80. The van der Waals surface area contributed by atoms with Crippen LogP contribution in [0.25, 0.3) is 0 Å². The summed E-state index contributed by atoms with van der Waals surface area (Å²) in [6, 6.07) is -0.748. The number of aryl methyl sites for hydroxylation is 1. The number of carbonyl (C=O) groups excluding carboxylic acids is 1. The number of hydrogen-bond donors (Lipinski definition) is 3. The second-order valence-corrected chi connectivity index (χ2v) is 5.89. The molecule has 0 unspecified atom stereocenters. The molecule has 1 saturated carbocycles. The Morgan fingerprint density at radius 1 is 1.33 bits per heavy atom. The number of carbonyl (C=O) groups is 2. The highest BCUT2D eigenvalue weighted by Crippen LogP contribution is 2.30. The third kappa shape index (κ3) is 4.62. The molecule has 0 bridgehead atoms. The van der Waals surface area contributed by atoms with Crippen molar-refractivity contribution in [2.24, 2.45) is 13.0 Å². The van der Waals surface area contributed by atoms with E-state index in [1.54, 1.807) is 0 Å². The Labute approximate surface area is 136 Å². The van der Waals surface area contributed by atoms with E-state index >= 15 is 0 Å². The largest absolute Gasteiger partial charge is 0.481 e. The van der Waals surface area contributed by atoms with Crippen molar-refractivity contribution in [1.29, 1.82) is 0 Å². The monoisotopic (exact) mass is 348 g/mol. The van der Waals surface area contributed by atoms with Crippen molar-refractivity contribution in [2.75, 3.05) is 0 Å². The topological polar surface area (TPSA) is 96.2 Å². The third-order valence-electron chi connectivity index (χ3n) is 4.02. The highest BCUT2D eigenvalue weighted by Gasteiger charge is 2.37. The molecule has 1 aromatic heterocycles. The van der Waals surface area contributed by atoms with Gasteiger partial charge in [0.15, 0.2) is 5.69 Å². The summed E-state index contributed by atoms with van der Waals surface area (Å²) < 4.78 is 39.5. The molecule has 1 aliphatic rings. The molecule has 0 aromatic carbocycles. The molecule has 3 N–H and O–H groups in total. The summed E-state index contributed by atoms with van der Waals surface area (Å²) in [5.41, 5.74) is -1.14. The molecule has 0 spiro atoms. The normalized spacial score (nSPS) is 21.3. The van der Waals surface area contributed by atoms with Gasteiger partial charge >= 0.3 is 18.2 Å². The predicted molar refractivity (Wildman–Crippen MR) is 77.0 cm³/mol. The van der Waals surface area contributed by atoms with E-state index in [9.17, 15) is 22.8 Å². The van der Waals surface area contributed by atoms with Crippen molar-refractivity contribution in [3.8, 4) is 0 Å². The quantitative estimate of drug-likeness (QED) is 0.774. The van der Waals surface area contributed by atoms with Gasteiger partial charge in [0.25, 0.3) is 0 Å². The second kappa shape index (κ2) is 7.10. The highest BCUT2D eigenvalue weighted by molar-refractivity contribution is 5.74. The number of amides is 2. The molecule has 134 valence electrons. The van der Waals surface area contributed by atoms with E-state index in [0.717, 1.165) is 4.68 Å². The SMILES string of the molecule is Cn1cc(CNC(=O)NC2CCC(C(=O)O)CC2)c(C(F)(F)F)n1. The summed E-state index contributed by atoms with van der Waals surface area (Å²) >= 11 is 0. The lowest BCUT2D eigenvalue weighted by Crippen LogP contribution is -2.44. The molecular formula is C14H19F3N4O3. The van der Waals surface area contributed by atoms with E-state index in [1.807, 2.05) is 0 Å². The van der Waals surface area contributed by atoms with Gasteiger partial charge in [-0.3, -0.25) is 9.48 Å². The van der Waals surface area contributed by atoms with Crippen molar-refractivity contribution in [1.82, 2.24) is 20.4 Å². The van der Waals surface area contributed by atoms with Gasteiger partial charge in [0.2, 0.25) is 0 Å². The van der Waals surface area contributed by atoms with E-state index < -0.39 is 29.8 Å². The van der Waals surface area contributed by atoms with Gasteiger partial charge in [-0.2, -0.15) is 18.3 Å². The third-order valence-corrected chi connectivity index (χ3v) is 4.02. The molecule has 1 aliphatic carbocycles. The number of nitrogens with zero attached hydrogens (tertiary/aromatic N) is 2. The Morgan fingerprint density at radius 2 is 1.96 bits per heavy atom. The number of carboxylic acids is 1. The Balaban J connectivity index is 1.83. The molecule has 24 heavy (non-hydrogen) atoms. The molecule has 0 radical (unpaired) electrons. The Hall–Kier alpha value is -2.26. The van der Waals surface area contributed by atoms with Crippen molar-refractivity contribution in [2.45, 2.75) is 44.4 Å². The first kappa shape index (κ1) is 18.1. The first-order valence-corrected chi connectivity index (χ1v) is 7.53. The Morgan fingerprint density at radius 3 is 2.50 bits per heavy atom. The summed E-state index contributed by atoms with van der Waals surface area (Å²) in [5.74, 6) is -1.23. The zero-order chi connectivity index (χ0) is 17.9. The van der Waals surface area contributed by atoms with Gasteiger partial charge in [0.1, 0.15) is 0 Å². The standard InChI is InChI=1S/C14H19F3N4O3/c1-21-7-9(11(20-21)14(15,16)17)6-18-13(24)19-10-4-2-8(3-5-10)12(22)23/h7-8,10H,2-6H2,1H3,(H,22,23)(H2,18,19,24). The number of hydrogen-bond acceptors (Lipinski definition) is 3. The summed E-state index contributed by atoms with van der Waals surface area (Å²) in [6.45, 7) is -0.293. The summed E-state index contributed by atoms with van der Waals surface area (Å²) in [4.78, 5) is 22.7. The average Bonchev–Trinajstić information content (AvgIpc) is 2.87. The number of halogens is 3. The second-order valence-electron chi connectivity index (χ2n) is 5.89. The van der Waals surface area contributed by atoms with Crippen LogP contribution in [0, 0.1) is 5.92 Å². The van der Waals surface area contributed by atoms with Crippen molar-refractivity contribution >= 4 is 12.0 Å². The minimum absolute atomic E-state index is 0.116. The fraction of sp³-hybridized carbons (Fsp3) is 0.643. The molecule has 1 fully saturated rings. The highest BCUT2D eigenvalue weighted by atomic mass is 19.4. The van der Waals surface area contributed by atoms with E-state index in [-0.39, 0.29) is 18.2 Å². The van der Waals surface area contributed by atoms with Crippen LogP contribution in [-0.2, 0) is 24.6 Å². The lowest BCUT2D eigenvalue weighted by molar-refractivity contribution is -0.143. The summed E-state index contributed by atoms with van der Waals surface area (Å²) in [6.07, 6.45) is -1.36. The van der Waals surface area contributed by atoms with Crippen molar-refractivity contribution < 1.29 is 27.9 Å². The van der Waals surface area contributed by atoms with Crippen LogP contribution in [0.3, 0.4) is 0 Å². The number of carboxylic acid groups (broad SMARTS) is 1. The van der Waals surface area contributed by atoms with E-state index in [2.05, 4.69) is 15.7 Å². The number of aromatic nitrogens is 2. The number of urea groups is 1. The lowest BCUT2D eigenvalue weighted by Gasteiger charge is -2.26. The zero-order valence-electron chi connectivity index (χ0n) is 13.1. The van der Waals surface area contributed by atoms with Crippen LogP contribution in [0.1, 0.15) is 36.9 Å². The molecule has 0 aliphatic heterocycles. The maximum absolute atomic E-state index is 12.8. The molecule has 7 nitrogen and oxygen atoms in total.